The average molecular weight is 264 g/mol. The van der Waals surface area contributed by atoms with Gasteiger partial charge in [-0.05, 0) is 18.2 Å². The number of ether oxygens (including phenoxy) is 1. The molecule has 4 nitrogen and oxygen atoms in total. The normalized spacial score (nSPS) is 17.4. The van der Waals surface area contributed by atoms with Gasteiger partial charge in [-0.1, -0.05) is 30.3 Å². The van der Waals surface area contributed by atoms with Gasteiger partial charge >= 0.3 is 0 Å². The summed E-state index contributed by atoms with van der Waals surface area (Å²) in [4.78, 5) is 15.3. The first-order chi connectivity index (χ1) is 9.83. The van der Waals surface area contributed by atoms with Gasteiger partial charge in [-0.3, -0.25) is 4.79 Å². The lowest BCUT2D eigenvalue weighted by molar-refractivity contribution is 0.0759. The Morgan fingerprint density at radius 2 is 1.80 bits per heavy atom. The molecule has 2 N–H and O–H groups in total. The van der Waals surface area contributed by atoms with Crippen LogP contribution in [0.1, 0.15) is 22.1 Å². The average Bonchev–Trinajstić information content (AvgIpc) is 2.91. The first kappa shape index (κ1) is 11.1. The smallest absolute Gasteiger partial charge is 0.258 e. The van der Waals surface area contributed by atoms with Crippen molar-refractivity contribution in [2.24, 2.45) is 0 Å². The van der Waals surface area contributed by atoms with Gasteiger partial charge in [0.15, 0.2) is 0 Å². The monoisotopic (exact) mass is 264 g/mol. The number of fused-ring (bicyclic) bond motifs is 2. The molecule has 98 valence electrons. The predicted octanol–water partition coefficient (Wildman–Crippen LogP) is 2.99. The predicted molar refractivity (Wildman–Crippen MR) is 75.6 cm³/mol. The molecule has 1 atom stereocenters. The Kier molecular flexibility index (Phi) is 2.29. The van der Waals surface area contributed by atoms with Crippen LogP contribution in [-0.2, 0) is 0 Å². The summed E-state index contributed by atoms with van der Waals surface area (Å²) in [5.41, 5.74) is 2.53. The number of aromatic amines is 1. The van der Waals surface area contributed by atoms with Gasteiger partial charge in [-0.25, -0.2) is 0 Å². The van der Waals surface area contributed by atoms with Crippen LogP contribution >= 0.6 is 0 Å². The summed E-state index contributed by atoms with van der Waals surface area (Å²) in [6, 6.07) is 15.2. The van der Waals surface area contributed by atoms with Crippen LogP contribution in [0.15, 0.2) is 54.7 Å². The SMILES string of the molecule is O=C1N[C@@H](c2c[nH]c3ccccc23)Oc2ccccc21. The van der Waals surface area contributed by atoms with E-state index in [4.69, 9.17) is 4.74 Å². The second kappa shape index (κ2) is 4.13. The van der Waals surface area contributed by atoms with E-state index in [1.165, 1.54) is 0 Å². The van der Waals surface area contributed by atoms with Gasteiger partial charge in [-0.2, -0.15) is 0 Å². The first-order valence-electron chi connectivity index (χ1n) is 6.45. The zero-order chi connectivity index (χ0) is 13.5. The molecule has 2 aromatic carbocycles. The molecule has 1 amide bonds. The van der Waals surface area contributed by atoms with Crippen molar-refractivity contribution in [3.05, 3.63) is 65.9 Å². The Labute approximate surface area is 115 Å². The maximum atomic E-state index is 12.1. The van der Waals surface area contributed by atoms with Gasteiger partial charge in [-0.15, -0.1) is 0 Å². The summed E-state index contributed by atoms with van der Waals surface area (Å²) >= 11 is 0. The topological polar surface area (TPSA) is 54.1 Å². The summed E-state index contributed by atoms with van der Waals surface area (Å²) in [5, 5.41) is 3.94. The van der Waals surface area contributed by atoms with E-state index in [0.29, 0.717) is 11.3 Å². The molecule has 0 unspecified atom stereocenters. The summed E-state index contributed by atoms with van der Waals surface area (Å²) in [7, 11) is 0. The van der Waals surface area contributed by atoms with Crippen molar-refractivity contribution >= 4 is 16.8 Å². The van der Waals surface area contributed by atoms with Crippen molar-refractivity contribution in [1.82, 2.24) is 10.3 Å². The van der Waals surface area contributed by atoms with Crippen LogP contribution < -0.4 is 10.1 Å². The highest BCUT2D eigenvalue weighted by molar-refractivity contribution is 5.98. The number of nitrogens with one attached hydrogen (secondary N) is 2. The fraction of sp³-hybridized carbons (Fsp3) is 0.0625. The molecule has 3 aromatic rings. The molecule has 20 heavy (non-hydrogen) atoms. The molecule has 2 heterocycles. The largest absolute Gasteiger partial charge is 0.465 e. The number of carbonyl (C=O) groups is 1. The molecule has 4 rings (SSSR count). The van der Waals surface area contributed by atoms with Gasteiger partial charge in [0, 0.05) is 22.7 Å². The molecule has 0 saturated heterocycles. The van der Waals surface area contributed by atoms with Gasteiger partial charge in [0.1, 0.15) is 5.75 Å². The molecule has 1 aliphatic rings. The van der Waals surface area contributed by atoms with Crippen LogP contribution in [0.5, 0.6) is 5.75 Å². The zero-order valence-electron chi connectivity index (χ0n) is 10.6. The Balaban J connectivity index is 1.80. The Morgan fingerprint density at radius 1 is 1.00 bits per heavy atom. The molecule has 0 saturated carbocycles. The van der Waals surface area contributed by atoms with E-state index < -0.39 is 6.23 Å². The lowest BCUT2D eigenvalue weighted by Crippen LogP contribution is -2.36. The van der Waals surface area contributed by atoms with Crippen molar-refractivity contribution in [3.63, 3.8) is 0 Å². The maximum Gasteiger partial charge on any atom is 0.258 e. The van der Waals surface area contributed by atoms with Crippen LogP contribution in [0, 0.1) is 0 Å². The third-order valence-electron chi connectivity index (χ3n) is 3.54. The molecule has 0 bridgehead atoms. The lowest BCUT2D eigenvalue weighted by atomic mass is 10.1. The summed E-state index contributed by atoms with van der Waals surface area (Å²) < 4.78 is 5.90. The summed E-state index contributed by atoms with van der Waals surface area (Å²) in [6.45, 7) is 0. The minimum absolute atomic E-state index is 0.109. The molecule has 0 fully saturated rings. The highest BCUT2D eigenvalue weighted by Crippen LogP contribution is 2.31. The number of hydrogen-bond donors (Lipinski definition) is 2. The lowest BCUT2D eigenvalue weighted by Gasteiger charge is -2.26. The first-order valence-corrected chi connectivity index (χ1v) is 6.45. The molecule has 0 aliphatic carbocycles. The number of rotatable bonds is 1. The Bertz CT molecular complexity index is 807. The van der Waals surface area contributed by atoms with Gasteiger partial charge < -0.3 is 15.0 Å². The number of H-pyrrole nitrogens is 1. The van der Waals surface area contributed by atoms with E-state index >= 15 is 0 Å². The van der Waals surface area contributed by atoms with Gasteiger partial charge in [0.05, 0.1) is 5.56 Å². The van der Waals surface area contributed by atoms with E-state index in [0.717, 1.165) is 16.5 Å². The number of para-hydroxylation sites is 2. The van der Waals surface area contributed by atoms with Gasteiger partial charge in [0.25, 0.3) is 5.91 Å². The molecule has 1 aliphatic heterocycles. The number of amides is 1. The van der Waals surface area contributed by atoms with Crippen molar-refractivity contribution in [3.8, 4) is 5.75 Å². The molecular weight excluding hydrogens is 252 g/mol. The standard InChI is InChI=1S/C16H12N2O2/c19-15-11-6-2-4-8-14(11)20-16(18-15)12-9-17-13-7-3-1-5-10(12)13/h1-9,16-17H,(H,18,19)/t16-/m1/s1. The van der Waals surface area contributed by atoms with Crippen molar-refractivity contribution < 1.29 is 9.53 Å². The van der Waals surface area contributed by atoms with E-state index in [-0.39, 0.29) is 5.91 Å². The quantitative estimate of drug-likeness (QED) is 0.710. The van der Waals surface area contributed by atoms with Crippen LogP contribution in [0.3, 0.4) is 0 Å². The fourth-order valence-electron chi connectivity index (χ4n) is 2.56. The fourth-order valence-corrected chi connectivity index (χ4v) is 2.56. The van der Waals surface area contributed by atoms with Crippen LogP contribution in [0.4, 0.5) is 0 Å². The Hall–Kier alpha value is -2.75. The highest BCUT2D eigenvalue weighted by atomic mass is 16.5. The van der Waals surface area contributed by atoms with Crippen molar-refractivity contribution in [2.75, 3.05) is 0 Å². The van der Waals surface area contributed by atoms with E-state index in [9.17, 15) is 4.79 Å². The third-order valence-corrected chi connectivity index (χ3v) is 3.54. The third kappa shape index (κ3) is 1.58. The minimum atomic E-state index is -0.464. The number of aromatic nitrogens is 1. The summed E-state index contributed by atoms with van der Waals surface area (Å²) in [5.74, 6) is 0.508. The van der Waals surface area contributed by atoms with Gasteiger partial charge in [0.2, 0.25) is 6.23 Å². The van der Waals surface area contributed by atoms with E-state index in [1.54, 1.807) is 6.07 Å². The highest BCUT2D eigenvalue weighted by Gasteiger charge is 2.27. The van der Waals surface area contributed by atoms with E-state index in [1.807, 2.05) is 48.7 Å². The van der Waals surface area contributed by atoms with E-state index in [2.05, 4.69) is 10.3 Å². The van der Waals surface area contributed by atoms with Crippen LogP contribution in [0.2, 0.25) is 0 Å². The maximum absolute atomic E-state index is 12.1. The van der Waals surface area contributed by atoms with Crippen LogP contribution in [-0.4, -0.2) is 10.9 Å². The minimum Gasteiger partial charge on any atom is -0.465 e. The molecule has 1 aromatic heterocycles. The summed E-state index contributed by atoms with van der Waals surface area (Å²) in [6.07, 6.45) is 1.41. The second-order valence-electron chi connectivity index (χ2n) is 4.76. The molecular formula is C16H12N2O2. The number of carbonyl (C=O) groups excluding carboxylic acids is 1. The molecule has 0 radical (unpaired) electrons. The zero-order valence-corrected chi connectivity index (χ0v) is 10.6. The molecule has 4 heteroatoms. The number of hydrogen-bond acceptors (Lipinski definition) is 2. The van der Waals surface area contributed by atoms with Crippen molar-refractivity contribution in [2.45, 2.75) is 6.23 Å². The Morgan fingerprint density at radius 3 is 2.75 bits per heavy atom. The van der Waals surface area contributed by atoms with Crippen molar-refractivity contribution in [1.29, 1.82) is 0 Å². The number of benzene rings is 2. The molecule has 0 spiro atoms. The second-order valence-corrected chi connectivity index (χ2v) is 4.76. The van der Waals surface area contributed by atoms with Crippen LogP contribution in [0.25, 0.3) is 10.9 Å².